The van der Waals surface area contributed by atoms with Gasteiger partial charge in [0.25, 0.3) is 0 Å². The van der Waals surface area contributed by atoms with Gasteiger partial charge in [-0.1, -0.05) is 12.2 Å². The molecule has 1 aromatic heterocycles. The normalized spacial score (nSPS) is 32.9. The Morgan fingerprint density at radius 2 is 1.71 bits per heavy atom. The molecule has 112 valence electrons. The minimum atomic E-state index is 0.893. The number of hydrogen-bond donors (Lipinski definition) is 0. The molecule has 21 heavy (non-hydrogen) atoms. The first-order valence-corrected chi connectivity index (χ1v) is 8.39. The molecule has 1 saturated carbocycles. The highest BCUT2D eigenvalue weighted by atomic mass is 15.3. The maximum absolute atomic E-state index is 4.09. The van der Waals surface area contributed by atoms with Crippen LogP contribution in [0.2, 0.25) is 0 Å². The second-order valence-corrected chi connectivity index (χ2v) is 6.97. The van der Waals surface area contributed by atoms with E-state index in [1.807, 2.05) is 12.4 Å². The molecule has 1 aliphatic heterocycles. The van der Waals surface area contributed by atoms with Crippen LogP contribution in [0.15, 0.2) is 36.7 Å². The zero-order valence-corrected chi connectivity index (χ0v) is 12.7. The lowest BCUT2D eigenvalue weighted by Crippen LogP contribution is -2.47. The predicted octanol–water partition coefficient (Wildman–Crippen LogP) is 2.41. The van der Waals surface area contributed by atoms with Crippen molar-refractivity contribution in [2.24, 2.45) is 17.8 Å². The average Bonchev–Trinajstić information content (AvgIpc) is 3.13. The van der Waals surface area contributed by atoms with Crippen LogP contribution in [-0.2, 0) is 6.54 Å². The van der Waals surface area contributed by atoms with Gasteiger partial charge in [0.1, 0.15) is 0 Å². The number of fused-ring (bicyclic) bond motifs is 2. The van der Waals surface area contributed by atoms with Crippen LogP contribution in [0.3, 0.4) is 0 Å². The van der Waals surface area contributed by atoms with Crippen molar-refractivity contribution in [3.05, 3.63) is 42.2 Å². The fourth-order valence-corrected chi connectivity index (χ4v) is 4.31. The Bertz CT molecular complexity index is 490. The molecule has 2 fully saturated rings. The largest absolute Gasteiger partial charge is 0.300 e. The Balaban J connectivity index is 1.24. The van der Waals surface area contributed by atoms with Crippen LogP contribution in [-0.4, -0.2) is 47.5 Å². The number of rotatable bonds is 4. The van der Waals surface area contributed by atoms with Crippen LogP contribution in [0.5, 0.6) is 0 Å². The Hall–Kier alpha value is -1.19. The fraction of sp³-hybridized carbons (Fsp3) is 0.611. The molecule has 0 N–H and O–H groups in total. The first kappa shape index (κ1) is 13.5. The molecule has 1 aromatic rings. The second-order valence-electron chi connectivity index (χ2n) is 6.97. The van der Waals surface area contributed by atoms with Crippen LogP contribution >= 0.6 is 0 Å². The number of pyridine rings is 1. The third-order valence-corrected chi connectivity index (χ3v) is 5.53. The lowest BCUT2D eigenvalue weighted by molar-refractivity contribution is 0.108. The van der Waals surface area contributed by atoms with Crippen molar-refractivity contribution in [1.82, 2.24) is 14.8 Å². The van der Waals surface area contributed by atoms with E-state index in [1.54, 1.807) is 0 Å². The lowest BCUT2D eigenvalue weighted by atomic mass is 9.93. The van der Waals surface area contributed by atoms with Gasteiger partial charge in [-0.2, -0.15) is 0 Å². The summed E-state index contributed by atoms with van der Waals surface area (Å²) in [5.74, 6) is 2.74. The Kier molecular flexibility index (Phi) is 3.78. The fourth-order valence-electron chi connectivity index (χ4n) is 4.31. The van der Waals surface area contributed by atoms with Gasteiger partial charge in [-0.15, -0.1) is 0 Å². The van der Waals surface area contributed by atoms with E-state index in [0.29, 0.717) is 0 Å². The summed E-state index contributed by atoms with van der Waals surface area (Å²) < 4.78 is 0. The van der Waals surface area contributed by atoms with Gasteiger partial charge in [0.15, 0.2) is 0 Å². The van der Waals surface area contributed by atoms with E-state index in [-0.39, 0.29) is 0 Å². The van der Waals surface area contributed by atoms with Crippen molar-refractivity contribution >= 4 is 0 Å². The summed E-state index contributed by atoms with van der Waals surface area (Å²) in [5.41, 5.74) is 1.39. The van der Waals surface area contributed by atoms with Crippen molar-refractivity contribution < 1.29 is 0 Å². The second kappa shape index (κ2) is 5.90. The summed E-state index contributed by atoms with van der Waals surface area (Å²) in [7, 11) is 0. The zero-order valence-electron chi connectivity index (χ0n) is 12.7. The maximum atomic E-state index is 4.09. The zero-order chi connectivity index (χ0) is 14.1. The van der Waals surface area contributed by atoms with Gasteiger partial charge in [0, 0.05) is 51.7 Å². The smallest absolute Gasteiger partial charge is 0.0271 e. The van der Waals surface area contributed by atoms with Crippen molar-refractivity contribution in [2.75, 3.05) is 32.7 Å². The molecule has 2 bridgehead atoms. The summed E-state index contributed by atoms with van der Waals surface area (Å²) >= 11 is 0. The van der Waals surface area contributed by atoms with E-state index in [2.05, 4.69) is 39.1 Å². The highest BCUT2D eigenvalue weighted by molar-refractivity contribution is 5.11. The number of nitrogens with zero attached hydrogens (tertiary/aromatic N) is 3. The van der Waals surface area contributed by atoms with Gasteiger partial charge in [0.05, 0.1) is 0 Å². The summed E-state index contributed by atoms with van der Waals surface area (Å²) in [6.45, 7) is 7.30. The summed E-state index contributed by atoms with van der Waals surface area (Å²) in [5, 5.41) is 0. The van der Waals surface area contributed by atoms with Crippen molar-refractivity contribution in [2.45, 2.75) is 19.4 Å². The van der Waals surface area contributed by atoms with Gasteiger partial charge in [-0.3, -0.25) is 9.88 Å². The molecule has 0 spiro atoms. The molecule has 0 amide bonds. The van der Waals surface area contributed by atoms with Crippen LogP contribution in [0.25, 0.3) is 0 Å². The summed E-state index contributed by atoms with van der Waals surface area (Å²) in [6.07, 6.45) is 11.6. The predicted molar refractivity (Wildman–Crippen MR) is 84.8 cm³/mol. The Morgan fingerprint density at radius 3 is 2.38 bits per heavy atom. The molecule has 3 heteroatoms. The number of hydrogen-bond acceptors (Lipinski definition) is 3. The molecule has 0 unspecified atom stereocenters. The molecule has 3 aliphatic rings. The van der Waals surface area contributed by atoms with Gasteiger partial charge >= 0.3 is 0 Å². The van der Waals surface area contributed by atoms with Gasteiger partial charge in [-0.05, 0) is 48.3 Å². The van der Waals surface area contributed by atoms with E-state index in [1.165, 1.54) is 51.1 Å². The number of piperazine rings is 1. The third-order valence-electron chi connectivity index (χ3n) is 5.53. The van der Waals surface area contributed by atoms with Crippen LogP contribution < -0.4 is 0 Å². The molecule has 4 rings (SSSR count). The molecular weight excluding hydrogens is 258 g/mol. The van der Waals surface area contributed by atoms with Crippen molar-refractivity contribution in [3.63, 3.8) is 0 Å². The lowest BCUT2D eigenvalue weighted by Gasteiger charge is -2.37. The van der Waals surface area contributed by atoms with Gasteiger partial charge < -0.3 is 4.90 Å². The van der Waals surface area contributed by atoms with E-state index < -0.39 is 0 Å². The third kappa shape index (κ3) is 3.04. The van der Waals surface area contributed by atoms with E-state index >= 15 is 0 Å². The SMILES string of the molecule is C1=C[C@H]2C[C@@H]1C[C@@H]2CN1CCN(Cc2ccncc2)CC1. The van der Waals surface area contributed by atoms with E-state index in [9.17, 15) is 0 Å². The molecule has 3 atom stereocenters. The first-order chi connectivity index (χ1) is 10.4. The summed E-state index contributed by atoms with van der Waals surface area (Å²) in [6, 6.07) is 4.27. The Labute approximate surface area is 127 Å². The average molecular weight is 283 g/mol. The quantitative estimate of drug-likeness (QED) is 0.791. The molecule has 0 radical (unpaired) electrons. The molecular formula is C18H25N3. The van der Waals surface area contributed by atoms with E-state index in [0.717, 1.165) is 24.3 Å². The molecule has 2 heterocycles. The Morgan fingerprint density at radius 1 is 0.952 bits per heavy atom. The van der Waals surface area contributed by atoms with Crippen molar-refractivity contribution in [3.8, 4) is 0 Å². The standard InChI is InChI=1S/C18H25N3/c1-2-17-11-16(1)12-18(17)14-21-9-7-20(8-10-21)13-15-3-5-19-6-4-15/h1-6,16-18H,7-14H2/t16-,17+,18-/m1/s1. The van der Waals surface area contributed by atoms with Crippen LogP contribution in [0.1, 0.15) is 18.4 Å². The van der Waals surface area contributed by atoms with Crippen LogP contribution in [0.4, 0.5) is 0 Å². The first-order valence-electron chi connectivity index (χ1n) is 8.39. The monoisotopic (exact) mass is 283 g/mol. The molecule has 1 saturated heterocycles. The molecule has 2 aliphatic carbocycles. The highest BCUT2D eigenvalue weighted by Crippen LogP contribution is 2.43. The highest BCUT2D eigenvalue weighted by Gasteiger charge is 2.36. The number of aromatic nitrogens is 1. The van der Waals surface area contributed by atoms with Crippen LogP contribution in [0, 0.1) is 17.8 Å². The summed E-state index contributed by atoms with van der Waals surface area (Å²) in [4.78, 5) is 9.37. The number of allylic oxidation sites excluding steroid dienone is 2. The van der Waals surface area contributed by atoms with E-state index in [4.69, 9.17) is 0 Å². The molecule has 0 aromatic carbocycles. The maximum Gasteiger partial charge on any atom is 0.0271 e. The molecule has 3 nitrogen and oxygen atoms in total. The minimum absolute atomic E-state index is 0.893. The van der Waals surface area contributed by atoms with Crippen molar-refractivity contribution in [1.29, 1.82) is 0 Å². The topological polar surface area (TPSA) is 19.4 Å². The van der Waals surface area contributed by atoms with Gasteiger partial charge in [0.2, 0.25) is 0 Å². The van der Waals surface area contributed by atoms with Gasteiger partial charge in [-0.25, -0.2) is 0 Å². The minimum Gasteiger partial charge on any atom is -0.300 e.